The minimum absolute atomic E-state index is 0.0763. The smallest absolute Gasteiger partial charge is 0.339 e. The van der Waals surface area contributed by atoms with Crippen molar-refractivity contribution >= 4 is 12.3 Å². The number of hydrogen-bond acceptors (Lipinski definition) is 5. The van der Waals surface area contributed by atoms with Crippen molar-refractivity contribution < 1.29 is 19.1 Å². The highest BCUT2D eigenvalue weighted by molar-refractivity contribution is 5.94. The number of esters is 1. The van der Waals surface area contributed by atoms with Crippen LogP contribution in [0.2, 0.25) is 0 Å². The molecule has 0 spiro atoms. The molecule has 0 radical (unpaired) electrons. The molecule has 0 heterocycles. The van der Waals surface area contributed by atoms with Gasteiger partial charge in [-0.2, -0.15) is 5.26 Å². The number of hydrogen-bond donors (Lipinski definition) is 0. The van der Waals surface area contributed by atoms with Gasteiger partial charge in [0.1, 0.15) is 11.8 Å². The fourth-order valence-electron chi connectivity index (χ4n) is 1.24. The maximum absolute atomic E-state index is 11.3. The highest BCUT2D eigenvalue weighted by Gasteiger charge is 2.16. The Morgan fingerprint density at radius 1 is 1.44 bits per heavy atom. The van der Waals surface area contributed by atoms with Crippen LogP contribution >= 0.6 is 0 Å². The molecule has 0 aliphatic rings. The highest BCUT2D eigenvalue weighted by Crippen LogP contribution is 2.22. The molecule has 0 aromatic heterocycles. The van der Waals surface area contributed by atoms with Gasteiger partial charge in [0, 0.05) is 0 Å². The van der Waals surface area contributed by atoms with E-state index in [2.05, 4.69) is 4.74 Å². The van der Waals surface area contributed by atoms with E-state index in [1.54, 1.807) is 0 Å². The van der Waals surface area contributed by atoms with E-state index in [0.717, 1.165) is 0 Å². The maximum atomic E-state index is 11.3. The lowest BCUT2D eigenvalue weighted by molar-refractivity contribution is 0.0599. The first-order valence-electron chi connectivity index (χ1n) is 4.33. The summed E-state index contributed by atoms with van der Waals surface area (Å²) in [5, 5.41) is 8.83. The molecule has 0 saturated carbocycles. The minimum Gasteiger partial charge on any atom is -0.496 e. The van der Waals surface area contributed by atoms with E-state index >= 15 is 0 Å². The Labute approximate surface area is 92.2 Å². The van der Waals surface area contributed by atoms with Crippen LogP contribution in [0.5, 0.6) is 5.75 Å². The monoisotopic (exact) mass is 219 g/mol. The molecule has 5 heteroatoms. The fraction of sp³-hybridized carbons (Fsp3) is 0.182. The predicted octanol–water partition coefficient (Wildman–Crippen LogP) is 1.17. The van der Waals surface area contributed by atoms with Crippen LogP contribution in [0.4, 0.5) is 0 Å². The minimum atomic E-state index is -0.646. The van der Waals surface area contributed by atoms with E-state index < -0.39 is 5.97 Å². The third-order valence-electron chi connectivity index (χ3n) is 2.02. The number of rotatable bonds is 3. The summed E-state index contributed by atoms with van der Waals surface area (Å²) in [6.07, 6.45) is 0.556. The van der Waals surface area contributed by atoms with E-state index in [0.29, 0.717) is 6.29 Å². The molecule has 5 nitrogen and oxygen atoms in total. The van der Waals surface area contributed by atoms with Crippen LogP contribution in [0.3, 0.4) is 0 Å². The zero-order valence-corrected chi connectivity index (χ0v) is 8.81. The van der Waals surface area contributed by atoms with Crippen LogP contribution in [-0.2, 0) is 4.74 Å². The van der Waals surface area contributed by atoms with Crippen molar-refractivity contribution in [2.24, 2.45) is 0 Å². The van der Waals surface area contributed by atoms with Gasteiger partial charge in [0.2, 0.25) is 0 Å². The molecule has 0 aliphatic carbocycles. The molecule has 0 amide bonds. The van der Waals surface area contributed by atoms with E-state index in [4.69, 9.17) is 10.00 Å². The van der Waals surface area contributed by atoms with E-state index in [1.807, 2.05) is 6.07 Å². The molecule has 0 N–H and O–H groups in total. The Kier molecular flexibility index (Phi) is 3.62. The van der Waals surface area contributed by atoms with Gasteiger partial charge in [-0.1, -0.05) is 0 Å². The van der Waals surface area contributed by atoms with E-state index in [-0.39, 0.29) is 22.4 Å². The summed E-state index contributed by atoms with van der Waals surface area (Å²) in [4.78, 5) is 22.0. The summed E-state index contributed by atoms with van der Waals surface area (Å²) in [6.45, 7) is 0. The molecule has 0 saturated heterocycles. The molecule has 0 fully saturated rings. The van der Waals surface area contributed by atoms with Gasteiger partial charge in [-0.3, -0.25) is 4.79 Å². The van der Waals surface area contributed by atoms with Gasteiger partial charge in [0.25, 0.3) is 0 Å². The molecule has 0 aliphatic heterocycles. The summed E-state index contributed by atoms with van der Waals surface area (Å²) < 4.78 is 9.44. The lowest BCUT2D eigenvalue weighted by Gasteiger charge is -2.07. The molecule has 0 unspecified atom stereocenters. The predicted molar refractivity (Wildman–Crippen MR) is 54.4 cm³/mol. The maximum Gasteiger partial charge on any atom is 0.339 e. The SMILES string of the molecule is COC(=O)c1cc(OC)c(C=O)cc1C#N. The van der Waals surface area contributed by atoms with Gasteiger partial charge in [0.15, 0.2) is 6.29 Å². The average molecular weight is 219 g/mol. The number of carbonyl (C=O) groups excluding carboxylic acids is 2. The number of aldehydes is 1. The lowest BCUT2D eigenvalue weighted by atomic mass is 10.0. The highest BCUT2D eigenvalue weighted by atomic mass is 16.5. The van der Waals surface area contributed by atoms with E-state index in [1.165, 1.54) is 26.4 Å². The third-order valence-corrected chi connectivity index (χ3v) is 2.02. The van der Waals surface area contributed by atoms with Crippen molar-refractivity contribution in [2.75, 3.05) is 14.2 Å². The summed E-state index contributed by atoms with van der Waals surface area (Å²) >= 11 is 0. The van der Waals surface area contributed by atoms with Crippen molar-refractivity contribution in [1.29, 1.82) is 5.26 Å². The lowest BCUT2D eigenvalue weighted by Crippen LogP contribution is -2.06. The first kappa shape index (κ1) is 11.7. The molecule has 82 valence electrons. The number of nitriles is 1. The molecular formula is C11H9NO4. The molecule has 1 aromatic rings. The van der Waals surface area contributed by atoms with Gasteiger partial charge in [-0.05, 0) is 12.1 Å². The number of benzene rings is 1. The zero-order chi connectivity index (χ0) is 12.1. The second-order valence-corrected chi connectivity index (χ2v) is 2.86. The summed E-state index contributed by atoms with van der Waals surface area (Å²) in [7, 11) is 2.58. The van der Waals surface area contributed by atoms with Gasteiger partial charge >= 0.3 is 5.97 Å². The topological polar surface area (TPSA) is 76.4 Å². The first-order valence-corrected chi connectivity index (χ1v) is 4.33. The largest absolute Gasteiger partial charge is 0.496 e. The molecule has 16 heavy (non-hydrogen) atoms. The molecule has 1 rings (SSSR count). The molecule has 0 bridgehead atoms. The van der Waals surface area contributed by atoms with Gasteiger partial charge < -0.3 is 9.47 Å². The third kappa shape index (κ3) is 2.01. The molecule has 1 aromatic carbocycles. The number of ether oxygens (including phenoxy) is 2. The first-order chi connectivity index (χ1) is 7.67. The number of methoxy groups -OCH3 is 2. The number of carbonyl (C=O) groups is 2. The summed E-state index contributed by atoms with van der Waals surface area (Å²) in [5.41, 5.74) is 0.369. The quantitative estimate of drug-likeness (QED) is 0.563. The van der Waals surface area contributed by atoms with Crippen LogP contribution in [-0.4, -0.2) is 26.5 Å². The summed E-state index contributed by atoms with van der Waals surface area (Å²) in [6, 6.07) is 4.42. The van der Waals surface area contributed by atoms with Crippen molar-refractivity contribution in [3.8, 4) is 11.8 Å². The molecule has 0 atom stereocenters. The molecular weight excluding hydrogens is 210 g/mol. The fourth-order valence-corrected chi connectivity index (χ4v) is 1.24. The van der Waals surface area contributed by atoms with Crippen LogP contribution < -0.4 is 4.74 Å². The Hall–Kier alpha value is -2.35. The second-order valence-electron chi connectivity index (χ2n) is 2.86. The van der Waals surface area contributed by atoms with Gasteiger partial charge in [-0.15, -0.1) is 0 Å². The Bertz CT molecular complexity index is 474. The van der Waals surface area contributed by atoms with Gasteiger partial charge in [0.05, 0.1) is 30.9 Å². The number of nitrogens with zero attached hydrogens (tertiary/aromatic N) is 1. The van der Waals surface area contributed by atoms with Crippen molar-refractivity contribution in [2.45, 2.75) is 0 Å². The standard InChI is InChI=1S/C11H9NO4/c1-15-10-4-9(11(14)16-2)7(5-12)3-8(10)6-13/h3-4,6H,1-2H3. The Balaban J connectivity index is 3.44. The Morgan fingerprint density at radius 3 is 2.56 bits per heavy atom. The zero-order valence-electron chi connectivity index (χ0n) is 8.81. The van der Waals surface area contributed by atoms with Crippen molar-refractivity contribution in [3.05, 3.63) is 28.8 Å². The normalized spacial score (nSPS) is 9.06. The van der Waals surface area contributed by atoms with Crippen LogP contribution in [0.25, 0.3) is 0 Å². The van der Waals surface area contributed by atoms with E-state index in [9.17, 15) is 9.59 Å². The van der Waals surface area contributed by atoms with Crippen LogP contribution in [0, 0.1) is 11.3 Å². The average Bonchev–Trinajstić information content (AvgIpc) is 2.35. The summed E-state index contributed by atoms with van der Waals surface area (Å²) in [5.74, 6) is -0.415. The second kappa shape index (κ2) is 4.94. The van der Waals surface area contributed by atoms with Crippen LogP contribution in [0.1, 0.15) is 26.3 Å². The van der Waals surface area contributed by atoms with Crippen molar-refractivity contribution in [3.63, 3.8) is 0 Å². The Morgan fingerprint density at radius 2 is 2.12 bits per heavy atom. The van der Waals surface area contributed by atoms with Crippen LogP contribution in [0.15, 0.2) is 12.1 Å². The van der Waals surface area contributed by atoms with Gasteiger partial charge in [-0.25, -0.2) is 4.79 Å². The van der Waals surface area contributed by atoms with Crippen molar-refractivity contribution in [1.82, 2.24) is 0 Å².